The van der Waals surface area contributed by atoms with E-state index in [4.69, 9.17) is 11.5 Å². The zero-order valence-corrected chi connectivity index (χ0v) is 7.54. The molecule has 66 valence electrons. The average Bonchev–Trinajstić information content (AvgIpc) is 2.08. The molecule has 1 atom stereocenters. The lowest BCUT2D eigenvalue weighted by Crippen LogP contribution is -2.12. The van der Waals surface area contributed by atoms with Crippen LogP contribution in [-0.2, 0) is 0 Å². The van der Waals surface area contributed by atoms with Crippen LogP contribution in [0, 0.1) is 6.92 Å². The van der Waals surface area contributed by atoms with E-state index in [0.717, 1.165) is 23.4 Å². The number of aromatic nitrogens is 1. The normalized spacial score (nSPS) is 12.9. The van der Waals surface area contributed by atoms with Gasteiger partial charge in [0, 0.05) is 12.2 Å². The predicted molar refractivity (Wildman–Crippen MR) is 50.6 cm³/mol. The van der Waals surface area contributed by atoms with Gasteiger partial charge < -0.3 is 11.5 Å². The van der Waals surface area contributed by atoms with Gasteiger partial charge in [-0.1, -0.05) is 6.92 Å². The van der Waals surface area contributed by atoms with E-state index in [1.54, 1.807) is 6.20 Å². The molecule has 0 aliphatic carbocycles. The zero-order valence-electron chi connectivity index (χ0n) is 7.54. The van der Waals surface area contributed by atoms with Crippen molar-refractivity contribution in [3.8, 4) is 0 Å². The lowest BCUT2D eigenvalue weighted by atomic mass is 10.0. The Hall–Kier alpha value is -1.09. The summed E-state index contributed by atoms with van der Waals surface area (Å²) >= 11 is 0. The standard InChI is InChI=1S/C9H15N3/c1-3-8(10)7-4-5-12-6(2)9(7)11/h4-5,8H,3,10-11H2,1-2H3/t8-/m0/s1. The molecule has 0 aromatic carbocycles. The maximum absolute atomic E-state index is 5.86. The van der Waals surface area contributed by atoms with E-state index in [0.29, 0.717) is 0 Å². The highest BCUT2D eigenvalue weighted by atomic mass is 14.7. The van der Waals surface area contributed by atoms with E-state index in [-0.39, 0.29) is 6.04 Å². The summed E-state index contributed by atoms with van der Waals surface area (Å²) in [6.45, 7) is 3.93. The molecule has 1 aromatic rings. The molecular formula is C9H15N3. The van der Waals surface area contributed by atoms with Gasteiger partial charge in [-0.15, -0.1) is 0 Å². The lowest BCUT2D eigenvalue weighted by Gasteiger charge is -2.12. The van der Waals surface area contributed by atoms with E-state index in [1.165, 1.54) is 0 Å². The second kappa shape index (κ2) is 3.54. The fourth-order valence-electron chi connectivity index (χ4n) is 1.14. The number of aryl methyl sites for hydroxylation is 1. The number of nitrogen functional groups attached to an aromatic ring is 1. The van der Waals surface area contributed by atoms with E-state index >= 15 is 0 Å². The van der Waals surface area contributed by atoms with Crippen LogP contribution in [0.15, 0.2) is 12.3 Å². The van der Waals surface area contributed by atoms with Gasteiger partial charge in [0.1, 0.15) is 0 Å². The molecule has 3 heteroatoms. The Morgan fingerprint density at radius 3 is 2.83 bits per heavy atom. The third-order valence-electron chi connectivity index (χ3n) is 2.06. The average molecular weight is 165 g/mol. The van der Waals surface area contributed by atoms with Crippen LogP contribution >= 0.6 is 0 Å². The Morgan fingerprint density at radius 2 is 2.25 bits per heavy atom. The van der Waals surface area contributed by atoms with E-state index in [2.05, 4.69) is 4.98 Å². The van der Waals surface area contributed by atoms with Crippen molar-refractivity contribution in [2.75, 3.05) is 5.73 Å². The van der Waals surface area contributed by atoms with Crippen LogP contribution in [0.25, 0.3) is 0 Å². The zero-order chi connectivity index (χ0) is 9.14. The van der Waals surface area contributed by atoms with Crippen LogP contribution in [0.5, 0.6) is 0 Å². The molecule has 1 aromatic heterocycles. The Labute approximate surface area is 72.8 Å². The van der Waals surface area contributed by atoms with Gasteiger partial charge in [0.05, 0.1) is 11.4 Å². The third kappa shape index (κ3) is 1.56. The van der Waals surface area contributed by atoms with Crippen molar-refractivity contribution in [3.05, 3.63) is 23.5 Å². The highest BCUT2D eigenvalue weighted by Gasteiger charge is 2.08. The van der Waals surface area contributed by atoms with Gasteiger partial charge in [0.2, 0.25) is 0 Å². The van der Waals surface area contributed by atoms with Crippen LogP contribution in [0.4, 0.5) is 5.69 Å². The number of nitrogens with zero attached hydrogens (tertiary/aromatic N) is 1. The molecule has 0 aliphatic rings. The summed E-state index contributed by atoms with van der Waals surface area (Å²) in [6, 6.07) is 1.92. The molecule has 1 heterocycles. The topological polar surface area (TPSA) is 64.9 Å². The largest absolute Gasteiger partial charge is 0.397 e. The summed E-state index contributed by atoms with van der Waals surface area (Å²) < 4.78 is 0. The third-order valence-corrected chi connectivity index (χ3v) is 2.06. The molecule has 3 nitrogen and oxygen atoms in total. The number of anilines is 1. The lowest BCUT2D eigenvalue weighted by molar-refractivity contribution is 0.699. The SMILES string of the molecule is CC[C@H](N)c1ccnc(C)c1N. The van der Waals surface area contributed by atoms with Gasteiger partial charge in [0.15, 0.2) is 0 Å². The Bertz CT molecular complexity index is 270. The summed E-state index contributed by atoms with van der Waals surface area (Å²) in [6.07, 6.45) is 2.64. The minimum Gasteiger partial charge on any atom is -0.397 e. The van der Waals surface area contributed by atoms with E-state index in [1.807, 2.05) is 19.9 Å². The van der Waals surface area contributed by atoms with Gasteiger partial charge in [-0.2, -0.15) is 0 Å². The molecule has 0 fully saturated rings. The molecular weight excluding hydrogens is 150 g/mol. The van der Waals surface area contributed by atoms with Gasteiger partial charge in [-0.05, 0) is 25.0 Å². The van der Waals surface area contributed by atoms with Crippen molar-refractivity contribution in [2.24, 2.45) is 5.73 Å². The van der Waals surface area contributed by atoms with Crippen molar-refractivity contribution in [1.29, 1.82) is 0 Å². The molecule has 0 radical (unpaired) electrons. The number of hydrogen-bond acceptors (Lipinski definition) is 3. The predicted octanol–water partition coefficient (Wildman–Crippen LogP) is 1.38. The first-order chi connectivity index (χ1) is 5.66. The van der Waals surface area contributed by atoms with Crippen molar-refractivity contribution in [2.45, 2.75) is 26.3 Å². The van der Waals surface area contributed by atoms with Crippen LogP contribution in [-0.4, -0.2) is 4.98 Å². The maximum Gasteiger partial charge on any atom is 0.0605 e. The Morgan fingerprint density at radius 1 is 1.58 bits per heavy atom. The first kappa shape index (κ1) is 9.00. The molecule has 1 rings (SSSR count). The molecule has 0 amide bonds. The minimum absolute atomic E-state index is 0.0340. The Balaban J connectivity index is 3.07. The van der Waals surface area contributed by atoms with Crippen molar-refractivity contribution >= 4 is 5.69 Å². The van der Waals surface area contributed by atoms with Gasteiger partial charge in [-0.25, -0.2) is 0 Å². The van der Waals surface area contributed by atoms with Crippen LogP contribution in [0.2, 0.25) is 0 Å². The molecule has 0 saturated heterocycles. The summed E-state index contributed by atoms with van der Waals surface area (Å²) in [7, 11) is 0. The molecule has 4 N–H and O–H groups in total. The molecule has 0 saturated carbocycles. The summed E-state index contributed by atoms with van der Waals surface area (Å²) in [4.78, 5) is 4.08. The molecule has 0 bridgehead atoms. The van der Waals surface area contributed by atoms with Crippen LogP contribution in [0.1, 0.15) is 30.6 Å². The quantitative estimate of drug-likeness (QED) is 0.695. The van der Waals surface area contributed by atoms with Crippen molar-refractivity contribution in [1.82, 2.24) is 4.98 Å². The van der Waals surface area contributed by atoms with Gasteiger partial charge >= 0.3 is 0 Å². The first-order valence-electron chi connectivity index (χ1n) is 4.13. The highest BCUT2D eigenvalue weighted by molar-refractivity contribution is 5.51. The van der Waals surface area contributed by atoms with E-state index < -0.39 is 0 Å². The highest BCUT2D eigenvalue weighted by Crippen LogP contribution is 2.21. The monoisotopic (exact) mass is 165 g/mol. The number of nitrogens with two attached hydrogens (primary N) is 2. The molecule has 12 heavy (non-hydrogen) atoms. The molecule has 0 aliphatic heterocycles. The smallest absolute Gasteiger partial charge is 0.0605 e. The number of rotatable bonds is 2. The second-order valence-corrected chi connectivity index (χ2v) is 2.91. The fourth-order valence-corrected chi connectivity index (χ4v) is 1.14. The Kier molecular flexibility index (Phi) is 2.65. The van der Waals surface area contributed by atoms with E-state index in [9.17, 15) is 0 Å². The number of hydrogen-bond donors (Lipinski definition) is 2. The number of pyridine rings is 1. The minimum atomic E-state index is 0.0340. The summed E-state index contributed by atoms with van der Waals surface area (Å²) in [5, 5.41) is 0. The second-order valence-electron chi connectivity index (χ2n) is 2.91. The molecule has 0 unspecified atom stereocenters. The molecule has 0 spiro atoms. The van der Waals surface area contributed by atoms with Crippen molar-refractivity contribution < 1.29 is 0 Å². The first-order valence-corrected chi connectivity index (χ1v) is 4.13. The summed E-state index contributed by atoms with van der Waals surface area (Å²) in [5.74, 6) is 0. The maximum atomic E-state index is 5.86. The summed E-state index contributed by atoms with van der Waals surface area (Å²) in [5.41, 5.74) is 14.3. The van der Waals surface area contributed by atoms with Gasteiger partial charge in [0.25, 0.3) is 0 Å². The van der Waals surface area contributed by atoms with Crippen molar-refractivity contribution in [3.63, 3.8) is 0 Å². The van der Waals surface area contributed by atoms with Crippen LogP contribution < -0.4 is 11.5 Å². The van der Waals surface area contributed by atoms with Crippen LogP contribution in [0.3, 0.4) is 0 Å². The fraction of sp³-hybridized carbons (Fsp3) is 0.444. The van der Waals surface area contributed by atoms with Gasteiger partial charge in [-0.3, -0.25) is 4.98 Å².